The van der Waals surface area contributed by atoms with Crippen molar-refractivity contribution in [3.8, 4) is 11.5 Å². The number of nitro benzene ring substituents is 1. The first-order chi connectivity index (χ1) is 10.0. The highest BCUT2D eigenvalue weighted by Crippen LogP contribution is 2.31. The van der Waals surface area contributed by atoms with Gasteiger partial charge in [0.15, 0.2) is 5.82 Å². The maximum atomic E-state index is 13.7. The fraction of sp³-hybridized carbons (Fsp3) is 0.143. The van der Waals surface area contributed by atoms with Crippen LogP contribution in [0.5, 0.6) is 11.5 Å². The van der Waals surface area contributed by atoms with Crippen LogP contribution in [-0.4, -0.2) is 12.0 Å². The average Bonchev–Trinajstić information content (AvgIpc) is 2.45. The summed E-state index contributed by atoms with van der Waals surface area (Å²) in [5, 5.41) is 10.9. The number of nitro groups is 1. The summed E-state index contributed by atoms with van der Waals surface area (Å²) in [7, 11) is 1.50. The van der Waals surface area contributed by atoms with Gasteiger partial charge in [-0.15, -0.1) is 0 Å². The van der Waals surface area contributed by atoms with Gasteiger partial charge in [0, 0.05) is 16.1 Å². The van der Waals surface area contributed by atoms with E-state index in [1.54, 1.807) is 18.2 Å². The van der Waals surface area contributed by atoms with Crippen LogP contribution in [0.4, 0.5) is 10.1 Å². The van der Waals surface area contributed by atoms with Gasteiger partial charge in [-0.3, -0.25) is 10.1 Å². The molecule has 0 amide bonds. The Morgan fingerprint density at radius 3 is 2.76 bits per heavy atom. The minimum absolute atomic E-state index is 0.0512. The number of hydrogen-bond donors (Lipinski definition) is 0. The Hall–Kier alpha value is -2.15. The number of ether oxygens (including phenoxy) is 2. The van der Waals surface area contributed by atoms with Crippen molar-refractivity contribution in [1.82, 2.24) is 0 Å². The van der Waals surface area contributed by atoms with E-state index in [9.17, 15) is 14.5 Å². The van der Waals surface area contributed by atoms with Gasteiger partial charge in [0.05, 0.1) is 12.0 Å². The molecule has 5 nitrogen and oxygen atoms in total. The molecule has 0 saturated carbocycles. The molecule has 21 heavy (non-hydrogen) atoms. The molecule has 2 aromatic rings. The van der Waals surface area contributed by atoms with E-state index in [-0.39, 0.29) is 12.4 Å². The third kappa shape index (κ3) is 3.49. The molecular formula is C14H11BrFNO4. The highest BCUT2D eigenvalue weighted by atomic mass is 79.9. The van der Waals surface area contributed by atoms with E-state index in [0.717, 1.165) is 10.5 Å². The van der Waals surface area contributed by atoms with Gasteiger partial charge in [-0.2, -0.15) is 0 Å². The second-order valence-corrected chi connectivity index (χ2v) is 5.01. The topological polar surface area (TPSA) is 61.6 Å². The van der Waals surface area contributed by atoms with E-state index in [4.69, 9.17) is 9.47 Å². The molecule has 0 aromatic heterocycles. The summed E-state index contributed by atoms with van der Waals surface area (Å²) in [6.07, 6.45) is 0. The summed E-state index contributed by atoms with van der Waals surface area (Å²) in [6.45, 7) is -0.0512. The van der Waals surface area contributed by atoms with Crippen LogP contribution in [0.2, 0.25) is 0 Å². The van der Waals surface area contributed by atoms with Gasteiger partial charge in [-0.25, -0.2) is 4.39 Å². The Morgan fingerprint density at radius 1 is 1.33 bits per heavy atom. The quantitative estimate of drug-likeness (QED) is 0.598. The number of rotatable bonds is 5. The maximum Gasteiger partial charge on any atom is 0.314 e. The first kappa shape index (κ1) is 15.2. The van der Waals surface area contributed by atoms with Crippen LogP contribution in [0.15, 0.2) is 40.9 Å². The molecule has 0 aliphatic rings. The number of benzene rings is 2. The van der Waals surface area contributed by atoms with Crippen molar-refractivity contribution in [1.29, 1.82) is 0 Å². The van der Waals surface area contributed by atoms with Gasteiger partial charge in [-0.1, -0.05) is 22.0 Å². The highest BCUT2D eigenvalue weighted by Gasteiger charge is 2.20. The lowest BCUT2D eigenvalue weighted by atomic mass is 10.2. The van der Waals surface area contributed by atoms with Crippen LogP contribution < -0.4 is 9.47 Å². The fourth-order valence-corrected chi connectivity index (χ4v) is 2.20. The Balaban J connectivity index is 2.28. The molecule has 7 heteroatoms. The number of halogens is 2. The average molecular weight is 356 g/mol. The predicted molar refractivity (Wildman–Crippen MR) is 78.1 cm³/mol. The summed E-state index contributed by atoms with van der Waals surface area (Å²) < 4.78 is 25.0. The van der Waals surface area contributed by atoms with Crippen molar-refractivity contribution in [2.75, 3.05) is 7.11 Å². The first-order valence-electron chi connectivity index (χ1n) is 5.91. The molecule has 0 atom stereocenters. The van der Waals surface area contributed by atoms with Crippen molar-refractivity contribution < 1.29 is 18.8 Å². The third-order valence-corrected chi connectivity index (χ3v) is 3.25. The van der Waals surface area contributed by atoms with Gasteiger partial charge < -0.3 is 9.47 Å². The largest absolute Gasteiger partial charge is 0.496 e. The Morgan fingerprint density at radius 2 is 2.10 bits per heavy atom. The second kappa shape index (κ2) is 6.53. The third-order valence-electron chi connectivity index (χ3n) is 2.76. The highest BCUT2D eigenvalue weighted by molar-refractivity contribution is 9.10. The lowest BCUT2D eigenvalue weighted by molar-refractivity contribution is -0.386. The van der Waals surface area contributed by atoms with Crippen molar-refractivity contribution >= 4 is 21.6 Å². The molecule has 0 radical (unpaired) electrons. The zero-order valence-electron chi connectivity index (χ0n) is 11.0. The number of methoxy groups -OCH3 is 1. The number of nitrogens with zero attached hydrogens (tertiary/aromatic N) is 1. The lowest BCUT2D eigenvalue weighted by Crippen LogP contribution is -2.03. The molecule has 0 saturated heterocycles. The van der Waals surface area contributed by atoms with E-state index in [2.05, 4.69) is 15.9 Å². The summed E-state index contributed by atoms with van der Waals surface area (Å²) in [4.78, 5) is 10.2. The van der Waals surface area contributed by atoms with Crippen molar-refractivity contribution in [2.45, 2.75) is 6.61 Å². The maximum absolute atomic E-state index is 13.7. The van der Waals surface area contributed by atoms with Crippen LogP contribution in [0, 0.1) is 15.9 Å². The molecule has 0 N–H and O–H groups in total. The molecule has 2 aromatic carbocycles. The summed E-state index contributed by atoms with van der Waals surface area (Å²) in [5.74, 6) is -0.611. The molecule has 0 fully saturated rings. The van der Waals surface area contributed by atoms with Crippen LogP contribution in [-0.2, 0) is 6.61 Å². The Kier molecular flexibility index (Phi) is 4.74. The predicted octanol–water partition coefficient (Wildman–Crippen LogP) is 4.08. The van der Waals surface area contributed by atoms with E-state index >= 15 is 0 Å². The van der Waals surface area contributed by atoms with Gasteiger partial charge in [0.25, 0.3) is 0 Å². The zero-order chi connectivity index (χ0) is 15.4. The fourth-order valence-electron chi connectivity index (χ4n) is 1.79. The van der Waals surface area contributed by atoms with Crippen molar-refractivity contribution in [2.24, 2.45) is 0 Å². The van der Waals surface area contributed by atoms with Gasteiger partial charge >= 0.3 is 5.69 Å². The molecule has 2 rings (SSSR count). The van der Waals surface area contributed by atoms with Crippen LogP contribution in [0.25, 0.3) is 0 Å². The molecule has 0 spiro atoms. The van der Waals surface area contributed by atoms with Crippen LogP contribution in [0.3, 0.4) is 0 Å². The standard InChI is InChI=1S/C14H11BrFNO4/c1-20-13-6-5-10(15)7-9(13)8-21-14-11(16)3-2-4-12(14)17(18)19/h2-7H,8H2,1H3. The SMILES string of the molecule is COc1ccc(Br)cc1COc1c(F)cccc1[N+](=O)[O-]. The smallest absolute Gasteiger partial charge is 0.314 e. The minimum atomic E-state index is -0.779. The van der Waals surface area contributed by atoms with Gasteiger partial charge in [0.1, 0.15) is 12.4 Å². The molecule has 0 bridgehead atoms. The molecule has 0 unspecified atom stereocenters. The van der Waals surface area contributed by atoms with Crippen molar-refractivity contribution in [3.05, 3.63) is 62.4 Å². The first-order valence-corrected chi connectivity index (χ1v) is 6.70. The summed E-state index contributed by atoms with van der Waals surface area (Å²) in [6, 6.07) is 8.81. The van der Waals surface area contributed by atoms with Crippen molar-refractivity contribution in [3.63, 3.8) is 0 Å². The van der Waals surface area contributed by atoms with Crippen LogP contribution in [0.1, 0.15) is 5.56 Å². The monoisotopic (exact) mass is 355 g/mol. The van der Waals surface area contributed by atoms with E-state index in [0.29, 0.717) is 11.3 Å². The minimum Gasteiger partial charge on any atom is -0.496 e. The Bertz CT molecular complexity index is 678. The second-order valence-electron chi connectivity index (χ2n) is 4.09. The van der Waals surface area contributed by atoms with E-state index in [1.165, 1.54) is 19.2 Å². The van der Waals surface area contributed by atoms with Crippen LogP contribution >= 0.6 is 15.9 Å². The molecule has 0 aliphatic carbocycles. The zero-order valence-corrected chi connectivity index (χ0v) is 12.6. The molecule has 0 aliphatic heterocycles. The molecular weight excluding hydrogens is 345 g/mol. The summed E-state index contributed by atoms with van der Waals surface area (Å²) >= 11 is 3.31. The number of hydrogen-bond acceptors (Lipinski definition) is 4. The van der Waals surface area contributed by atoms with Gasteiger partial charge in [0.2, 0.25) is 5.75 Å². The Labute approximate surface area is 128 Å². The van der Waals surface area contributed by atoms with Gasteiger partial charge in [-0.05, 0) is 24.3 Å². The lowest BCUT2D eigenvalue weighted by Gasteiger charge is -2.11. The summed E-state index contributed by atoms with van der Waals surface area (Å²) in [5.41, 5.74) is 0.230. The number of para-hydroxylation sites is 1. The van der Waals surface area contributed by atoms with E-state index < -0.39 is 16.4 Å². The molecule has 110 valence electrons. The normalized spacial score (nSPS) is 10.2. The molecule has 0 heterocycles. The van der Waals surface area contributed by atoms with E-state index in [1.807, 2.05) is 0 Å².